The van der Waals surface area contributed by atoms with Crippen molar-refractivity contribution in [2.75, 3.05) is 0 Å². The average Bonchev–Trinajstić information content (AvgIpc) is 2.95. The van der Waals surface area contributed by atoms with Crippen LogP contribution in [0.5, 0.6) is 0 Å². The van der Waals surface area contributed by atoms with Crippen LogP contribution in [0.2, 0.25) is 0 Å². The summed E-state index contributed by atoms with van der Waals surface area (Å²) in [6, 6.07) is 0.178. The van der Waals surface area contributed by atoms with Gasteiger partial charge in [0, 0.05) is 24.9 Å². The number of carbonyl (C=O) groups excluding carboxylic acids is 1. The molecule has 2 aromatic rings. The molecule has 2 rings (SSSR count). The molecule has 0 aliphatic carbocycles. The number of nitrogens with zero attached hydrogens (tertiary/aromatic N) is 3. The van der Waals surface area contributed by atoms with E-state index in [1.54, 1.807) is 13.1 Å². The quantitative estimate of drug-likeness (QED) is 0.857. The van der Waals surface area contributed by atoms with Crippen LogP contribution in [0.15, 0.2) is 19.9 Å². The van der Waals surface area contributed by atoms with Crippen LogP contribution in [0.25, 0.3) is 0 Å². The van der Waals surface area contributed by atoms with Gasteiger partial charge in [-0.05, 0) is 36.2 Å². The zero-order valence-corrected chi connectivity index (χ0v) is 15.1. The van der Waals surface area contributed by atoms with Crippen LogP contribution in [0.4, 0.5) is 0 Å². The van der Waals surface area contributed by atoms with Crippen molar-refractivity contribution in [3.63, 3.8) is 0 Å². The van der Waals surface area contributed by atoms with Crippen LogP contribution >= 0.6 is 15.9 Å². The summed E-state index contributed by atoms with van der Waals surface area (Å²) in [6.07, 6.45) is 2.49. The number of amides is 1. The standard InChI is InChI=1S/C15H19BrN4O3/c1-5-8(2)20-7-11(14(21)13(16)9(20)3)15(22)17-6-12-19-18-10(4)23-12/h7-8H,5-6H2,1-4H3,(H,17,22)/t8-/m0/s1. The van der Waals surface area contributed by atoms with Gasteiger partial charge in [0.05, 0.1) is 11.0 Å². The average molecular weight is 383 g/mol. The fourth-order valence-electron chi connectivity index (χ4n) is 2.17. The molecule has 0 saturated heterocycles. The monoisotopic (exact) mass is 382 g/mol. The van der Waals surface area contributed by atoms with Gasteiger partial charge in [0.15, 0.2) is 0 Å². The number of nitrogens with one attached hydrogen (secondary N) is 1. The molecule has 0 aliphatic heterocycles. The van der Waals surface area contributed by atoms with Crippen molar-refractivity contribution >= 4 is 21.8 Å². The molecule has 1 atom stereocenters. The van der Waals surface area contributed by atoms with Gasteiger partial charge in [-0.2, -0.15) is 0 Å². The Kier molecular flexibility index (Phi) is 5.35. The van der Waals surface area contributed by atoms with Crippen molar-refractivity contribution in [1.29, 1.82) is 0 Å². The van der Waals surface area contributed by atoms with E-state index in [9.17, 15) is 9.59 Å². The SMILES string of the molecule is CC[C@H](C)n1cc(C(=O)NCc2nnc(C)o2)c(=O)c(Br)c1C. The van der Waals surface area contributed by atoms with E-state index in [1.807, 2.05) is 25.3 Å². The molecule has 124 valence electrons. The van der Waals surface area contributed by atoms with E-state index in [-0.39, 0.29) is 23.6 Å². The Morgan fingerprint density at radius 1 is 1.43 bits per heavy atom. The highest BCUT2D eigenvalue weighted by Gasteiger charge is 2.18. The Bertz CT molecular complexity index is 782. The summed E-state index contributed by atoms with van der Waals surface area (Å²) in [5.74, 6) is 0.249. The van der Waals surface area contributed by atoms with Crippen molar-refractivity contribution in [3.05, 3.63) is 43.9 Å². The number of pyridine rings is 1. The summed E-state index contributed by atoms with van der Waals surface area (Å²) < 4.78 is 7.52. The van der Waals surface area contributed by atoms with Gasteiger partial charge in [-0.25, -0.2) is 0 Å². The molecule has 0 aliphatic rings. The molecule has 8 heteroatoms. The highest BCUT2D eigenvalue weighted by Crippen LogP contribution is 2.19. The van der Waals surface area contributed by atoms with Gasteiger partial charge in [0.1, 0.15) is 5.56 Å². The molecule has 1 amide bonds. The number of aryl methyl sites for hydroxylation is 1. The van der Waals surface area contributed by atoms with Crippen LogP contribution in [0.3, 0.4) is 0 Å². The molecule has 0 fully saturated rings. The van der Waals surface area contributed by atoms with E-state index in [1.165, 1.54) is 0 Å². The second kappa shape index (κ2) is 7.08. The van der Waals surface area contributed by atoms with Gasteiger partial charge in [-0.3, -0.25) is 9.59 Å². The number of hydrogen-bond acceptors (Lipinski definition) is 5. The summed E-state index contributed by atoms with van der Waals surface area (Å²) in [6.45, 7) is 7.68. The lowest BCUT2D eigenvalue weighted by atomic mass is 10.1. The maximum atomic E-state index is 12.3. The Morgan fingerprint density at radius 2 is 2.13 bits per heavy atom. The summed E-state index contributed by atoms with van der Waals surface area (Å²) in [4.78, 5) is 24.7. The van der Waals surface area contributed by atoms with Crippen LogP contribution in [-0.4, -0.2) is 20.7 Å². The fourth-order valence-corrected chi connectivity index (χ4v) is 2.59. The van der Waals surface area contributed by atoms with E-state index >= 15 is 0 Å². The van der Waals surface area contributed by atoms with E-state index < -0.39 is 5.91 Å². The molecule has 2 heterocycles. The molecular weight excluding hydrogens is 364 g/mol. The molecule has 0 aromatic carbocycles. The molecule has 2 aromatic heterocycles. The Balaban J connectivity index is 2.29. The van der Waals surface area contributed by atoms with Gasteiger partial charge in [-0.15, -0.1) is 10.2 Å². The molecule has 0 spiro atoms. The lowest BCUT2D eigenvalue weighted by Gasteiger charge is -2.19. The molecule has 23 heavy (non-hydrogen) atoms. The molecular formula is C15H19BrN4O3. The molecule has 0 bridgehead atoms. The number of rotatable bonds is 5. The van der Waals surface area contributed by atoms with E-state index in [4.69, 9.17) is 4.42 Å². The first-order valence-corrected chi connectivity index (χ1v) is 8.12. The topological polar surface area (TPSA) is 90.0 Å². The van der Waals surface area contributed by atoms with Crippen molar-refractivity contribution in [1.82, 2.24) is 20.1 Å². The predicted molar refractivity (Wildman–Crippen MR) is 88.3 cm³/mol. The van der Waals surface area contributed by atoms with Crippen molar-refractivity contribution in [2.24, 2.45) is 0 Å². The molecule has 1 N–H and O–H groups in total. The number of hydrogen-bond donors (Lipinski definition) is 1. The van der Waals surface area contributed by atoms with Crippen LogP contribution < -0.4 is 10.7 Å². The second-order valence-electron chi connectivity index (χ2n) is 5.33. The zero-order valence-electron chi connectivity index (χ0n) is 13.5. The maximum Gasteiger partial charge on any atom is 0.257 e. The first kappa shape index (κ1) is 17.4. The minimum atomic E-state index is -0.469. The van der Waals surface area contributed by atoms with E-state index in [0.29, 0.717) is 16.3 Å². The Morgan fingerprint density at radius 3 is 2.70 bits per heavy atom. The summed E-state index contributed by atoms with van der Waals surface area (Å²) in [5, 5.41) is 10.1. The van der Waals surface area contributed by atoms with Crippen molar-refractivity contribution in [3.8, 4) is 0 Å². The van der Waals surface area contributed by atoms with Crippen molar-refractivity contribution < 1.29 is 9.21 Å². The fraction of sp³-hybridized carbons (Fsp3) is 0.467. The minimum Gasteiger partial charge on any atom is -0.424 e. The highest BCUT2D eigenvalue weighted by atomic mass is 79.9. The molecule has 0 saturated carbocycles. The number of halogens is 1. The minimum absolute atomic E-state index is 0.0773. The normalized spacial score (nSPS) is 12.2. The van der Waals surface area contributed by atoms with Crippen molar-refractivity contribution in [2.45, 2.75) is 46.7 Å². The van der Waals surface area contributed by atoms with Gasteiger partial charge in [0.2, 0.25) is 17.2 Å². The summed E-state index contributed by atoms with van der Waals surface area (Å²) in [7, 11) is 0. The first-order valence-electron chi connectivity index (χ1n) is 7.33. The number of aromatic nitrogens is 3. The molecule has 0 radical (unpaired) electrons. The zero-order chi connectivity index (χ0) is 17.1. The molecule has 7 nitrogen and oxygen atoms in total. The third-order valence-electron chi connectivity index (χ3n) is 3.70. The number of carbonyl (C=O) groups is 1. The second-order valence-corrected chi connectivity index (χ2v) is 6.13. The van der Waals surface area contributed by atoms with Crippen LogP contribution in [-0.2, 0) is 6.54 Å². The van der Waals surface area contributed by atoms with E-state index in [0.717, 1.165) is 12.1 Å². The third-order valence-corrected chi connectivity index (χ3v) is 4.63. The van der Waals surface area contributed by atoms with E-state index in [2.05, 4.69) is 31.4 Å². The largest absolute Gasteiger partial charge is 0.424 e. The summed E-state index contributed by atoms with van der Waals surface area (Å²) in [5.41, 5.74) is 0.550. The Hall–Kier alpha value is -1.96. The van der Waals surface area contributed by atoms with Gasteiger partial charge < -0.3 is 14.3 Å². The first-order chi connectivity index (χ1) is 10.8. The third kappa shape index (κ3) is 3.69. The van der Waals surface area contributed by atoms with Crippen LogP contribution in [0, 0.1) is 13.8 Å². The summed E-state index contributed by atoms with van der Waals surface area (Å²) >= 11 is 3.29. The van der Waals surface area contributed by atoms with Gasteiger partial charge in [0.25, 0.3) is 5.91 Å². The molecule has 0 unspecified atom stereocenters. The smallest absolute Gasteiger partial charge is 0.257 e. The Labute approximate surface area is 142 Å². The lowest BCUT2D eigenvalue weighted by molar-refractivity contribution is 0.0945. The lowest BCUT2D eigenvalue weighted by Crippen LogP contribution is -2.31. The predicted octanol–water partition coefficient (Wildman–Crippen LogP) is 2.51. The maximum absolute atomic E-state index is 12.3. The van der Waals surface area contributed by atoms with Gasteiger partial charge in [-0.1, -0.05) is 6.92 Å². The van der Waals surface area contributed by atoms with Gasteiger partial charge >= 0.3 is 0 Å². The van der Waals surface area contributed by atoms with Crippen LogP contribution in [0.1, 0.15) is 54.1 Å². The highest BCUT2D eigenvalue weighted by molar-refractivity contribution is 9.10.